The third-order valence-electron chi connectivity index (χ3n) is 11.9. The first-order valence-electron chi connectivity index (χ1n) is 22.6. The molecular weight excluding hydrogens is 779 g/mol. The first-order valence-corrected chi connectivity index (χ1v) is 22.6. The van der Waals surface area contributed by atoms with E-state index in [0.717, 1.165) is 91.7 Å². The highest BCUT2D eigenvalue weighted by Crippen LogP contribution is 2.22. The summed E-state index contributed by atoms with van der Waals surface area (Å²) in [5.74, 6) is -1.61. The Kier molecular flexibility index (Phi) is 19.1. The van der Waals surface area contributed by atoms with Crippen LogP contribution in [0.1, 0.15) is 107 Å². The summed E-state index contributed by atoms with van der Waals surface area (Å²) < 4.78 is 0. The van der Waals surface area contributed by atoms with Crippen LogP contribution in [0.3, 0.4) is 0 Å². The standard InChI is InChI=1S/C50H67N7O5/c1-57-45(35-38-25-28-39-20-15-16-21-40(39)33-38)56-48(61)43(23-17-31-53-50(51)52)54-49(62)44(34-36-18-11-10-12-19-36)55-47(60)41(32-37-26-29-42(58)30-27-37)22-13-8-6-4-2-3-5-7-9-14-24-46(57)59/h10-12,15-16,18-21,25-30,33,41,43-45,58H,2-9,13-14,17,22-24,31-32,34-35H2,1H3,(H,54,62)(H,55,60)(H,56,61)(H4,51,52,53)/t41-,43-,44+,45+/m0/s1. The molecule has 4 amide bonds. The Morgan fingerprint density at radius 1 is 0.629 bits per heavy atom. The predicted molar refractivity (Wildman–Crippen MR) is 247 cm³/mol. The van der Waals surface area contributed by atoms with Crippen LogP contribution in [0.4, 0.5) is 0 Å². The molecule has 12 heteroatoms. The third-order valence-corrected chi connectivity index (χ3v) is 11.9. The zero-order valence-electron chi connectivity index (χ0n) is 36.4. The molecular formula is C50H67N7O5. The van der Waals surface area contributed by atoms with Crippen LogP contribution in [-0.4, -0.2) is 71.4 Å². The van der Waals surface area contributed by atoms with Crippen molar-refractivity contribution < 1.29 is 24.3 Å². The molecule has 4 aromatic carbocycles. The van der Waals surface area contributed by atoms with Crippen LogP contribution in [0, 0.1) is 5.92 Å². The summed E-state index contributed by atoms with van der Waals surface area (Å²) in [6.45, 7) is 0.240. The number of nitrogens with zero attached hydrogens (tertiary/aromatic N) is 2. The van der Waals surface area contributed by atoms with Crippen LogP contribution in [0.15, 0.2) is 102 Å². The number of amides is 4. The fourth-order valence-electron chi connectivity index (χ4n) is 8.21. The van der Waals surface area contributed by atoms with Crippen molar-refractivity contribution in [2.45, 2.75) is 127 Å². The van der Waals surface area contributed by atoms with Crippen molar-refractivity contribution in [1.82, 2.24) is 20.9 Å². The number of carbonyl (C=O) groups excluding carboxylic acids is 4. The molecule has 4 atom stereocenters. The Morgan fingerprint density at radius 3 is 1.90 bits per heavy atom. The number of phenolic OH excluding ortho intramolecular Hbond substituents is 1. The van der Waals surface area contributed by atoms with Crippen molar-refractivity contribution in [3.63, 3.8) is 0 Å². The normalized spacial score (nSPS) is 21.0. The van der Waals surface area contributed by atoms with E-state index in [1.54, 1.807) is 24.1 Å². The molecule has 8 N–H and O–H groups in total. The Morgan fingerprint density at radius 2 is 1.21 bits per heavy atom. The molecule has 0 bridgehead atoms. The molecule has 1 aliphatic rings. The second kappa shape index (κ2) is 25.1. The van der Waals surface area contributed by atoms with Crippen molar-refractivity contribution in [1.29, 1.82) is 0 Å². The van der Waals surface area contributed by atoms with Crippen molar-refractivity contribution in [3.8, 4) is 5.75 Å². The van der Waals surface area contributed by atoms with Crippen LogP contribution >= 0.6 is 0 Å². The lowest BCUT2D eigenvalue weighted by atomic mass is 9.91. The zero-order valence-corrected chi connectivity index (χ0v) is 36.4. The van der Waals surface area contributed by atoms with Crippen molar-refractivity contribution in [2.24, 2.45) is 22.4 Å². The van der Waals surface area contributed by atoms with Crippen LogP contribution in [0.25, 0.3) is 10.8 Å². The fraction of sp³-hybridized carbons (Fsp3) is 0.460. The van der Waals surface area contributed by atoms with Crippen LogP contribution in [0.2, 0.25) is 0 Å². The number of aromatic hydroxyl groups is 1. The maximum atomic E-state index is 14.5. The topological polar surface area (TPSA) is 192 Å². The fourth-order valence-corrected chi connectivity index (χ4v) is 8.21. The molecule has 1 saturated heterocycles. The van der Waals surface area contributed by atoms with E-state index in [1.807, 2.05) is 78.9 Å². The predicted octanol–water partition coefficient (Wildman–Crippen LogP) is 6.81. The van der Waals surface area contributed by atoms with Gasteiger partial charge in [0.15, 0.2) is 5.96 Å². The number of rotatable bonds is 10. The summed E-state index contributed by atoms with van der Waals surface area (Å²) >= 11 is 0. The minimum atomic E-state index is -1.03. The number of phenols is 1. The lowest BCUT2D eigenvalue weighted by Gasteiger charge is -2.32. The van der Waals surface area contributed by atoms with Gasteiger partial charge < -0.3 is 37.4 Å². The molecule has 0 aliphatic carbocycles. The molecule has 0 saturated carbocycles. The molecule has 0 aromatic heterocycles. The lowest BCUT2D eigenvalue weighted by Crippen LogP contribution is -2.58. The second-order valence-electron chi connectivity index (χ2n) is 16.8. The molecule has 0 spiro atoms. The van der Waals surface area contributed by atoms with E-state index >= 15 is 0 Å². The monoisotopic (exact) mass is 846 g/mol. The van der Waals surface area contributed by atoms with E-state index < -0.39 is 36.0 Å². The van der Waals surface area contributed by atoms with Gasteiger partial charge in [-0.1, -0.05) is 143 Å². The number of nitrogens with two attached hydrogens (primary N) is 2. The van der Waals surface area contributed by atoms with Gasteiger partial charge >= 0.3 is 0 Å². The van der Waals surface area contributed by atoms with E-state index in [4.69, 9.17) is 11.5 Å². The molecule has 5 rings (SSSR count). The third kappa shape index (κ3) is 15.8. The van der Waals surface area contributed by atoms with Crippen molar-refractivity contribution in [2.75, 3.05) is 13.6 Å². The van der Waals surface area contributed by atoms with Gasteiger partial charge in [-0.05, 0) is 71.7 Å². The number of likely N-dealkylation sites (N-methyl/N-ethyl adjacent to an activating group) is 1. The van der Waals surface area contributed by atoms with Gasteiger partial charge in [-0.25, -0.2) is 0 Å². The largest absolute Gasteiger partial charge is 0.508 e. The quantitative estimate of drug-likeness (QED) is 0.0574. The summed E-state index contributed by atoms with van der Waals surface area (Å²) in [5.41, 5.74) is 13.9. The molecule has 0 unspecified atom stereocenters. The molecule has 4 aromatic rings. The first kappa shape index (κ1) is 47.1. The number of nitrogens with one attached hydrogen (secondary N) is 3. The van der Waals surface area contributed by atoms with E-state index in [9.17, 15) is 24.3 Å². The number of aliphatic imine (C=N–C) groups is 1. The van der Waals surface area contributed by atoms with Gasteiger partial charge in [0, 0.05) is 38.8 Å². The van der Waals surface area contributed by atoms with Gasteiger partial charge in [0.1, 0.15) is 24.0 Å². The van der Waals surface area contributed by atoms with Crippen molar-refractivity contribution >= 4 is 40.4 Å². The van der Waals surface area contributed by atoms with E-state index in [2.05, 4.69) is 27.0 Å². The van der Waals surface area contributed by atoms with E-state index in [1.165, 1.54) is 0 Å². The average molecular weight is 846 g/mol. The maximum absolute atomic E-state index is 14.5. The van der Waals surface area contributed by atoms with Crippen LogP contribution in [0.5, 0.6) is 5.75 Å². The molecule has 0 radical (unpaired) electrons. The Balaban J connectivity index is 1.45. The summed E-state index contributed by atoms with van der Waals surface area (Å²) in [4.78, 5) is 62.9. The summed E-state index contributed by atoms with van der Waals surface area (Å²) in [7, 11) is 1.73. The first-order chi connectivity index (χ1) is 30.0. The molecule has 332 valence electrons. The molecule has 12 nitrogen and oxygen atoms in total. The molecule has 1 aliphatic heterocycles. The number of hydrogen-bond acceptors (Lipinski definition) is 6. The Bertz CT molecular complexity index is 2050. The molecule has 1 heterocycles. The van der Waals surface area contributed by atoms with Gasteiger partial charge in [-0.15, -0.1) is 0 Å². The van der Waals surface area contributed by atoms with Gasteiger partial charge in [-0.3, -0.25) is 24.2 Å². The number of carbonyl (C=O) groups is 4. The number of hydrogen-bond donors (Lipinski definition) is 6. The van der Waals surface area contributed by atoms with Crippen molar-refractivity contribution in [3.05, 3.63) is 114 Å². The van der Waals surface area contributed by atoms with E-state index in [0.29, 0.717) is 32.1 Å². The highest BCUT2D eigenvalue weighted by Gasteiger charge is 2.31. The van der Waals surface area contributed by atoms with Gasteiger partial charge in [0.2, 0.25) is 23.6 Å². The lowest BCUT2D eigenvalue weighted by molar-refractivity contribution is -0.136. The van der Waals surface area contributed by atoms with Crippen LogP contribution < -0.4 is 27.4 Å². The highest BCUT2D eigenvalue weighted by atomic mass is 16.3. The second-order valence-corrected chi connectivity index (χ2v) is 16.8. The number of guanidine groups is 1. The van der Waals surface area contributed by atoms with Crippen LogP contribution in [-0.2, 0) is 38.4 Å². The average Bonchev–Trinajstić information content (AvgIpc) is 3.27. The Hall–Kier alpha value is -5.91. The summed E-state index contributed by atoms with van der Waals surface area (Å²) in [6.07, 6.45) is 12.2. The summed E-state index contributed by atoms with van der Waals surface area (Å²) in [6, 6.07) is 28.5. The van der Waals surface area contributed by atoms with Gasteiger partial charge in [-0.2, -0.15) is 0 Å². The minimum Gasteiger partial charge on any atom is -0.508 e. The molecule has 1 fully saturated rings. The number of benzene rings is 4. The maximum Gasteiger partial charge on any atom is 0.244 e. The van der Waals surface area contributed by atoms with E-state index in [-0.39, 0.29) is 42.9 Å². The Labute approximate surface area is 367 Å². The summed E-state index contributed by atoms with van der Waals surface area (Å²) in [5, 5.41) is 21.3. The SMILES string of the molecule is CN1C(=O)CCCCCCCCCCCC[C@@H](Cc2ccc(O)cc2)C(=O)N[C@H](Cc2ccccc2)C(=O)N[C@@H](CCCN=C(N)N)C(=O)N[C@H]1Cc1ccc2ccccc2c1. The zero-order chi connectivity index (χ0) is 44.1. The van der Waals surface area contributed by atoms with Gasteiger partial charge in [0.25, 0.3) is 0 Å². The number of fused-ring (bicyclic) bond motifs is 1. The highest BCUT2D eigenvalue weighted by molar-refractivity contribution is 5.93. The molecule has 62 heavy (non-hydrogen) atoms. The minimum absolute atomic E-state index is 0.0635. The smallest absolute Gasteiger partial charge is 0.244 e. The van der Waals surface area contributed by atoms with Gasteiger partial charge in [0.05, 0.1) is 0 Å².